The van der Waals surface area contributed by atoms with Gasteiger partial charge in [0.15, 0.2) is 0 Å². The topological polar surface area (TPSA) is 152 Å². The van der Waals surface area contributed by atoms with Gasteiger partial charge in [-0.15, -0.1) is 0 Å². The molecule has 0 saturated carbocycles. The molecule has 0 fully saturated rings. The Hall–Kier alpha value is -2.08. The number of likely N-dealkylation sites (N-methyl/N-ethyl adjacent to an activating group) is 3. The van der Waals surface area contributed by atoms with Gasteiger partial charge in [0.1, 0.15) is 6.29 Å². The third kappa shape index (κ3) is 18.2. The number of rotatable bonds is 19. The molecule has 0 aromatic heterocycles. The van der Waals surface area contributed by atoms with E-state index < -0.39 is 12.1 Å². The van der Waals surface area contributed by atoms with Crippen molar-refractivity contribution in [3.63, 3.8) is 0 Å². The summed E-state index contributed by atoms with van der Waals surface area (Å²) >= 11 is 0. The number of carbonyl (C=O) groups excluding carboxylic acids is 4. The molecular weight excluding hydrogens is 462 g/mol. The van der Waals surface area contributed by atoms with Crippen molar-refractivity contribution >= 4 is 24.0 Å². The van der Waals surface area contributed by atoms with E-state index >= 15 is 0 Å². The summed E-state index contributed by atoms with van der Waals surface area (Å²) < 4.78 is 0. The summed E-state index contributed by atoms with van der Waals surface area (Å²) in [6, 6.07) is -0.421. The molecule has 0 aliphatic carbocycles. The van der Waals surface area contributed by atoms with E-state index in [2.05, 4.69) is 51.1 Å². The third-order valence-electron chi connectivity index (χ3n) is 5.90. The summed E-state index contributed by atoms with van der Waals surface area (Å²) in [5, 5.41) is 20.3. The third-order valence-corrected chi connectivity index (χ3v) is 5.90. The minimum absolute atomic E-state index is 0.113. The van der Waals surface area contributed by atoms with Crippen molar-refractivity contribution in [3.05, 3.63) is 0 Å². The average molecular weight is 516 g/mol. The lowest BCUT2D eigenvalue weighted by Crippen LogP contribution is -2.48. The average Bonchev–Trinajstić information content (AvgIpc) is 2.88. The van der Waals surface area contributed by atoms with Gasteiger partial charge in [-0.25, -0.2) is 0 Å². The normalized spacial score (nSPS) is 14.8. The minimum atomic E-state index is -0.418. The van der Waals surface area contributed by atoms with Crippen molar-refractivity contribution in [1.82, 2.24) is 37.2 Å². The molecule has 212 valence electrons. The molecule has 0 radical (unpaired) electrons. The first-order valence-electron chi connectivity index (χ1n) is 13.1. The molecule has 7 N–H and O–H groups in total. The Labute approximate surface area is 218 Å². The maximum atomic E-state index is 12.4. The lowest BCUT2D eigenvalue weighted by molar-refractivity contribution is -0.126. The quantitative estimate of drug-likeness (QED) is 0.114. The second kappa shape index (κ2) is 23.3. The van der Waals surface area contributed by atoms with Crippen LogP contribution in [0.4, 0.5) is 0 Å². The Morgan fingerprint density at radius 3 is 1.83 bits per heavy atom. The molecule has 0 saturated heterocycles. The molecule has 5 atom stereocenters. The van der Waals surface area contributed by atoms with Crippen LogP contribution in [-0.2, 0) is 19.2 Å². The molecule has 0 aliphatic rings. The van der Waals surface area contributed by atoms with Gasteiger partial charge in [-0.3, -0.25) is 14.4 Å². The molecule has 3 amide bonds. The van der Waals surface area contributed by atoms with Crippen LogP contribution in [0, 0.1) is 5.92 Å². The summed E-state index contributed by atoms with van der Waals surface area (Å²) in [6.07, 6.45) is 4.26. The monoisotopic (exact) mass is 515 g/mol. The predicted octanol–water partition coefficient (Wildman–Crippen LogP) is -0.481. The van der Waals surface area contributed by atoms with Gasteiger partial charge in [0.05, 0.1) is 18.1 Å². The summed E-state index contributed by atoms with van der Waals surface area (Å²) in [7, 11) is 5.36. The lowest BCUT2D eigenvalue weighted by atomic mass is 10.1. The van der Waals surface area contributed by atoms with Gasteiger partial charge < -0.3 is 42.0 Å². The first-order chi connectivity index (χ1) is 17.1. The van der Waals surface area contributed by atoms with Crippen LogP contribution in [0.1, 0.15) is 60.3 Å². The van der Waals surface area contributed by atoms with Crippen molar-refractivity contribution in [1.29, 1.82) is 0 Å². The number of hydrogen-bond donors (Lipinski definition) is 7. The van der Waals surface area contributed by atoms with Crippen LogP contribution in [0.5, 0.6) is 0 Å². The molecule has 0 heterocycles. The summed E-state index contributed by atoms with van der Waals surface area (Å²) in [5.74, 6) is -0.727. The van der Waals surface area contributed by atoms with Crippen LogP contribution in [0.25, 0.3) is 0 Å². The highest BCUT2D eigenvalue weighted by atomic mass is 16.2. The molecule has 0 aliphatic heterocycles. The number of carbonyl (C=O) groups is 4. The van der Waals surface area contributed by atoms with E-state index in [0.717, 1.165) is 6.29 Å². The van der Waals surface area contributed by atoms with Crippen LogP contribution in [0.2, 0.25) is 0 Å². The number of amides is 3. The fourth-order valence-electron chi connectivity index (χ4n) is 3.04. The summed E-state index contributed by atoms with van der Waals surface area (Å²) in [5.41, 5.74) is 0. The molecule has 11 nitrogen and oxygen atoms in total. The zero-order chi connectivity index (χ0) is 27.9. The van der Waals surface area contributed by atoms with Gasteiger partial charge in [-0.05, 0) is 60.8 Å². The zero-order valence-electron chi connectivity index (χ0n) is 23.8. The van der Waals surface area contributed by atoms with Crippen LogP contribution < -0.4 is 37.2 Å². The number of aldehydes is 1. The Kier molecular flexibility index (Phi) is 23.4. The minimum Gasteiger partial charge on any atom is -0.355 e. The highest BCUT2D eigenvalue weighted by molar-refractivity contribution is 5.83. The number of hydrogen-bond acceptors (Lipinski definition) is 8. The summed E-state index contributed by atoms with van der Waals surface area (Å²) in [6.45, 7) is 11.5. The Bertz CT molecular complexity index is 607. The van der Waals surface area contributed by atoms with Crippen molar-refractivity contribution in [3.8, 4) is 0 Å². The van der Waals surface area contributed by atoms with Gasteiger partial charge in [-0.2, -0.15) is 0 Å². The molecule has 36 heavy (non-hydrogen) atoms. The molecule has 0 aromatic rings. The second-order valence-corrected chi connectivity index (χ2v) is 8.94. The highest BCUT2D eigenvalue weighted by Gasteiger charge is 2.19. The van der Waals surface area contributed by atoms with Crippen LogP contribution >= 0.6 is 0 Å². The SMILES string of the molecule is CCCC(C)NC.CCNC(CCNC(=O)C(C)NC)C(=O)NCCC(C)C(=O)NCC(C=O)NC. The number of nitrogens with one attached hydrogen (secondary N) is 7. The van der Waals surface area contributed by atoms with E-state index in [9.17, 15) is 19.2 Å². The van der Waals surface area contributed by atoms with E-state index in [0.29, 0.717) is 38.5 Å². The van der Waals surface area contributed by atoms with E-state index in [1.807, 2.05) is 14.0 Å². The van der Waals surface area contributed by atoms with Gasteiger partial charge in [0.25, 0.3) is 0 Å². The Morgan fingerprint density at radius 1 is 0.750 bits per heavy atom. The smallest absolute Gasteiger partial charge is 0.237 e. The Balaban J connectivity index is 0. The van der Waals surface area contributed by atoms with E-state index in [1.54, 1.807) is 27.9 Å². The van der Waals surface area contributed by atoms with Gasteiger partial charge in [0.2, 0.25) is 17.7 Å². The van der Waals surface area contributed by atoms with Crippen molar-refractivity contribution in [2.45, 2.75) is 84.5 Å². The molecule has 5 unspecified atom stereocenters. The van der Waals surface area contributed by atoms with Crippen LogP contribution in [-0.4, -0.2) is 95.5 Å². The van der Waals surface area contributed by atoms with E-state index in [4.69, 9.17) is 0 Å². The first-order valence-corrected chi connectivity index (χ1v) is 13.1. The molecule has 11 heteroatoms. The van der Waals surface area contributed by atoms with Gasteiger partial charge >= 0.3 is 0 Å². The molecule has 0 rings (SSSR count). The fraction of sp³-hybridized carbons (Fsp3) is 0.840. The van der Waals surface area contributed by atoms with Gasteiger partial charge in [-0.1, -0.05) is 27.2 Å². The van der Waals surface area contributed by atoms with Crippen molar-refractivity contribution in [2.24, 2.45) is 5.92 Å². The van der Waals surface area contributed by atoms with E-state index in [1.165, 1.54) is 12.8 Å². The van der Waals surface area contributed by atoms with Crippen LogP contribution in [0.15, 0.2) is 0 Å². The lowest BCUT2D eigenvalue weighted by Gasteiger charge is -2.19. The molecule has 0 spiro atoms. The van der Waals surface area contributed by atoms with Gasteiger partial charge in [0, 0.05) is 31.6 Å². The molecule has 0 bridgehead atoms. The van der Waals surface area contributed by atoms with Crippen molar-refractivity contribution in [2.75, 3.05) is 47.3 Å². The standard InChI is InChI=1S/C19H38N6O4.C6H15N/c1-6-22-16(8-10-23-18(28)14(3)20-4)19(29)24-9-7-13(2)17(27)25-11-15(12-26)21-5;1-4-5-6(2)7-3/h12-16,20-22H,6-11H2,1-5H3,(H,23,28)(H,24,29)(H,25,27);6-7H,4-5H2,1-3H3. The Morgan fingerprint density at radius 2 is 1.36 bits per heavy atom. The van der Waals surface area contributed by atoms with E-state index in [-0.39, 0.29) is 36.2 Å². The largest absolute Gasteiger partial charge is 0.355 e. The summed E-state index contributed by atoms with van der Waals surface area (Å²) in [4.78, 5) is 47.0. The molecule has 0 aromatic carbocycles. The predicted molar refractivity (Wildman–Crippen MR) is 146 cm³/mol. The molecular formula is C25H53N7O4. The maximum Gasteiger partial charge on any atom is 0.237 e. The second-order valence-electron chi connectivity index (χ2n) is 8.94. The van der Waals surface area contributed by atoms with Crippen molar-refractivity contribution < 1.29 is 19.2 Å². The fourth-order valence-corrected chi connectivity index (χ4v) is 3.04. The zero-order valence-corrected chi connectivity index (χ0v) is 23.8. The first kappa shape index (κ1) is 36.1. The highest BCUT2D eigenvalue weighted by Crippen LogP contribution is 2.01. The maximum absolute atomic E-state index is 12.4. The van der Waals surface area contributed by atoms with Crippen LogP contribution in [0.3, 0.4) is 0 Å².